The Morgan fingerprint density at radius 3 is 2.46 bits per heavy atom. The van der Waals surface area contributed by atoms with Gasteiger partial charge in [-0.3, -0.25) is 4.68 Å². The van der Waals surface area contributed by atoms with Crippen molar-refractivity contribution in [2.24, 2.45) is 7.05 Å². The largest absolute Gasteiger partial charge is 1.00 e. The molecule has 1 aromatic heterocycles. The van der Waals surface area contributed by atoms with Crippen molar-refractivity contribution in [3.8, 4) is 0 Å². The number of nitrogens with one attached hydrogen (secondary N) is 2. The molecule has 3 aliphatic rings. The number of aromatic nitrogens is 2. The second-order valence-electron chi connectivity index (χ2n) is 9.65. The summed E-state index contributed by atoms with van der Waals surface area (Å²) in [7, 11) is -2.40. The van der Waals surface area contributed by atoms with E-state index in [-0.39, 0.29) is 37.0 Å². The molecule has 0 spiro atoms. The molecule has 1 fully saturated rings. The number of carbonyl (C=O) groups is 1. The van der Waals surface area contributed by atoms with E-state index in [1.807, 2.05) is 0 Å². The summed E-state index contributed by atoms with van der Waals surface area (Å²) >= 11 is 0. The van der Waals surface area contributed by atoms with Crippen LogP contribution in [0.5, 0.6) is 0 Å². The molecule has 1 unspecified atom stereocenters. The molecule has 0 saturated carbocycles. The molecule has 1 aliphatic heterocycles. The maximum atomic E-state index is 13.6. The predicted molar refractivity (Wildman–Crippen MR) is 134 cm³/mol. The fourth-order valence-electron chi connectivity index (χ4n) is 5.85. The number of rotatable bonds is 6. The zero-order valence-electron chi connectivity index (χ0n) is 22.0. The van der Waals surface area contributed by atoms with Gasteiger partial charge in [-0.25, -0.2) is 13.8 Å². The summed E-state index contributed by atoms with van der Waals surface area (Å²) in [5.41, 5.74) is 6.21. The smallest absolute Gasteiger partial charge is 1.00 e. The second kappa shape index (κ2) is 10.8. The Kier molecular flexibility index (Phi) is 8.17. The first-order valence-corrected chi connectivity index (χ1v) is 13.8. The number of piperidine rings is 1. The molecule has 11 heteroatoms. The number of benzene rings is 1. The van der Waals surface area contributed by atoms with Gasteiger partial charge < -0.3 is 11.6 Å². The van der Waals surface area contributed by atoms with E-state index in [2.05, 4.69) is 33.0 Å². The van der Waals surface area contributed by atoms with Crippen LogP contribution in [0.25, 0.3) is 0 Å². The van der Waals surface area contributed by atoms with Crippen molar-refractivity contribution in [2.45, 2.75) is 64.3 Å². The molecular formula is C24H35N6NaO3S. The Bertz CT molecular complexity index is 1170. The van der Waals surface area contributed by atoms with Crippen LogP contribution in [-0.4, -0.2) is 54.8 Å². The molecule has 35 heavy (non-hydrogen) atoms. The van der Waals surface area contributed by atoms with E-state index in [1.165, 1.54) is 26.6 Å². The Labute approximate surface area is 231 Å². The maximum Gasteiger partial charge on any atom is 1.00 e. The number of nitrogens with zero attached hydrogens (tertiary/aromatic N) is 4. The maximum absolute atomic E-state index is 13.6. The minimum atomic E-state index is -4.15. The van der Waals surface area contributed by atoms with Crippen LogP contribution in [0.4, 0.5) is 16.2 Å². The number of urea groups is 1. The molecule has 2 N–H and O–H groups in total. The van der Waals surface area contributed by atoms with Crippen molar-refractivity contribution < 1.29 is 44.2 Å². The molecule has 0 bridgehead atoms. The number of likely N-dealkylation sites (N-methyl/N-ethyl adjacent to an activating group) is 1. The third-order valence-electron chi connectivity index (χ3n) is 7.40. The first-order valence-electron chi connectivity index (χ1n) is 12.4. The monoisotopic (exact) mass is 510 g/mol. The van der Waals surface area contributed by atoms with Crippen molar-refractivity contribution in [1.82, 2.24) is 19.4 Å². The van der Waals surface area contributed by atoms with Gasteiger partial charge in [-0.2, -0.15) is 13.5 Å². The summed E-state index contributed by atoms with van der Waals surface area (Å²) in [5.74, 6) is 0. The third kappa shape index (κ3) is 5.41. The number of hydrogen-bond donors (Lipinski definition) is 2. The fraction of sp³-hybridized carbons (Fsp3) is 0.583. The van der Waals surface area contributed by atoms with Crippen LogP contribution in [0.15, 0.2) is 18.5 Å². The average Bonchev–Trinajstić information content (AvgIpc) is 3.54. The predicted octanol–water partition coefficient (Wildman–Crippen LogP) is -0.129. The van der Waals surface area contributed by atoms with Crippen molar-refractivity contribution in [2.75, 3.05) is 29.3 Å². The van der Waals surface area contributed by atoms with E-state index in [4.69, 9.17) is 0 Å². The molecule has 2 heterocycles. The van der Waals surface area contributed by atoms with Gasteiger partial charge in [-0.1, -0.05) is 13.0 Å². The van der Waals surface area contributed by atoms with E-state index in [0.717, 1.165) is 70.1 Å². The molecule has 1 atom stereocenters. The van der Waals surface area contributed by atoms with Crippen LogP contribution in [-0.2, 0) is 42.9 Å². The number of hydrogen-bond acceptors (Lipinski definition) is 5. The molecular weight excluding hydrogens is 475 g/mol. The van der Waals surface area contributed by atoms with E-state index in [1.54, 1.807) is 24.1 Å². The normalized spacial score (nSPS) is 19.5. The number of aryl methyl sites for hydroxylation is 3. The van der Waals surface area contributed by atoms with Gasteiger partial charge in [0.25, 0.3) is 0 Å². The van der Waals surface area contributed by atoms with Crippen LogP contribution in [0.2, 0.25) is 0 Å². The number of anilines is 2. The van der Waals surface area contributed by atoms with Crippen LogP contribution in [0, 0.1) is 0 Å². The zero-order valence-corrected chi connectivity index (χ0v) is 23.8. The Morgan fingerprint density at radius 1 is 1.17 bits per heavy atom. The third-order valence-corrected chi connectivity index (χ3v) is 8.87. The second-order valence-corrected chi connectivity index (χ2v) is 11.2. The van der Waals surface area contributed by atoms with Gasteiger partial charge in [0, 0.05) is 25.5 Å². The Morgan fingerprint density at radius 2 is 1.86 bits per heavy atom. The molecule has 2 amide bonds. The van der Waals surface area contributed by atoms with Crippen molar-refractivity contribution in [3.63, 3.8) is 0 Å². The van der Waals surface area contributed by atoms with Crippen LogP contribution in [0.1, 0.15) is 56.3 Å². The Hall–Kier alpha value is -1.59. The van der Waals surface area contributed by atoms with Gasteiger partial charge in [0.15, 0.2) is 0 Å². The summed E-state index contributed by atoms with van der Waals surface area (Å²) < 4.78 is 32.4. The molecule has 1 saturated heterocycles. The number of likely N-dealkylation sites (tertiary alicyclic amines) is 1. The average molecular weight is 511 g/mol. The quantitative estimate of drug-likeness (QED) is 0.528. The SMILES string of the molecule is CCN1CCCC(N(c2cnn(C)c2)S(=O)(=O)NC(=O)Nc2c3c(cc4c2CCC4)CCC3)C1.[H-].[Na+]. The van der Waals surface area contributed by atoms with E-state index in [0.29, 0.717) is 12.2 Å². The summed E-state index contributed by atoms with van der Waals surface area (Å²) in [6.07, 6.45) is 10.9. The van der Waals surface area contributed by atoms with Gasteiger partial charge in [0.1, 0.15) is 0 Å². The minimum absolute atomic E-state index is 0. The Balaban J connectivity index is 0.00000180. The molecule has 186 valence electrons. The van der Waals surface area contributed by atoms with Crippen LogP contribution >= 0.6 is 0 Å². The molecule has 1 aromatic carbocycles. The standard InChI is InChI=1S/C24H34N6O3S.Na.H/c1-3-29-12-6-9-19(16-29)30(20-14-25-28(2)15-20)34(32,33)27-24(31)26-23-21-10-4-7-17(21)13-18-8-5-11-22(18)23;;/h13-15,19H,3-12,16H2,1-2H3,(H2,26,27,31);;/q;+1;-1. The van der Waals surface area contributed by atoms with E-state index >= 15 is 0 Å². The molecule has 2 aliphatic carbocycles. The summed E-state index contributed by atoms with van der Waals surface area (Å²) in [6.45, 7) is 4.50. The van der Waals surface area contributed by atoms with E-state index in [9.17, 15) is 13.2 Å². The van der Waals surface area contributed by atoms with Gasteiger partial charge in [-0.05, 0) is 86.7 Å². The minimum Gasteiger partial charge on any atom is -1.00 e. The van der Waals surface area contributed by atoms with Crippen LogP contribution in [0.3, 0.4) is 0 Å². The van der Waals surface area contributed by atoms with Crippen molar-refractivity contribution in [1.29, 1.82) is 0 Å². The van der Waals surface area contributed by atoms with E-state index < -0.39 is 16.2 Å². The number of carbonyl (C=O) groups excluding carboxylic acids is 1. The molecule has 5 rings (SSSR count). The van der Waals surface area contributed by atoms with Gasteiger partial charge in [-0.15, -0.1) is 0 Å². The van der Waals surface area contributed by atoms with Crippen LogP contribution < -0.4 is 43.9 Å². The van der Waals surface area contributed by atoms with Gasteiger partial charge in [0.05, 0.1) is 17.9 Å². The number of amides is 2. The summed E-state index contributed by atoms with van der Waals surface area (Å²) in [5, 5.41) is 7.13. The van der Waals surface area contributed by atoms with Crippen molar-refractivity contribution in [3.05, 3.63) is 40.7 Å². The first kappa shape index (κ1) is 26.5. The fourth-order valence-corrected chi connectivity index (χ4v) is 7.17. The van der Waals surface area contributed by atoms with Gasteiger partial charge >= 0.3 is 45.8 Å². The summed E-state index contributed by atoms with van der Waals surface area (Å²) in [6, 6.07) is 1.32. The van der Waals surface area contributed by atoms with Crippen molar-refractivity contribution >= 4 is 27.6 Å². The number of fused-ring (bicyclic) bond motifs is 2. The molecule has 9 nitrogen and oxygen atoms in total. The topological polar surface area (TPSA) is 99.6 Å². The first-order chi connectivity index (χ1) is 16.4. The molecule has 2 aromatic rings. The zero-order chi connectivity index (χ0) is 23.9. The molecule has 0 radical (unpaired) electrons. The van der Waals surface area contributed by atoms with Gasteiger partial charge in [0.2, 0.25) is 0 Å². The summed E-state index contributed by atoms with van der Waals surface area (Å²) in [4.78, 5) is 15.4.